The van der Waals surface area contributed by atoms with Crippen molar-refractivity contribution in [3.05, 3.63) is 77.5 Å². The van der Waals surface area contributed by atoms with Crippen LogP contribution in [0.15, 0.2) is 60.8 Å². The predicted molar refractivity (Wildman–Crippen MR) is 98.7 cm³/mol. The molecule has 0 fully saturated rings. The first-order valence-corrected chi connectivity index (χ1v) is 7.75. The van der Waals surface area contributed by atoms with Gasteiger partial charge in [0, 0.05) is 17.2 Å². The van der Waals surface area contributed by atoms with E-state index in [2.05, 4.69) is 30.1 Å². The first kappa shape index (κ1) is 11.2. The van der Waals surface area contributed by atoms with Gasteiger partial charge >= 0.3 is 0 Å². The topological polar surface area (TPSA) is 12.9 Å². The van der Waals surface area contributed by atoms with Crippen LogP contribution < -0.4 is 0 Å². The lowest BCUT2D eigenvalue weighted by atomic mass is 9.94. The average Bonchev–Trinajstić information content (AvgIpc) is 2.61. The molecule has 1 heterocycles. The van der Waals surface area contributed by atoms with Crippen molar-refractivity contribution in [1.29, 1.82) is 0 Å². The third-order valence-corrected chi connectivity index (χ3v) is 4.06. The van der Waals surface area contributed by atoms with Crippen LogP contribution in [0.25, 0.3) is 22.4 Å². The van der Waals surface area contributed by atoms with E-state index < -0.39 is 12.7 Å². The van der Waals surface area contributed by atoms with Crippen LogP contribution in [0.5, 0.6) is 0 Å². The lowest BCUT2D eigenvalue weighted by Crippen LogP contribution is -1.96. The molecule has 1 aromatic heterocycles. The molecule has 0 bridgehead atoms. The molecule has 0 saturated carbocycles. The minimum Gasteiger partial charge on any atom is -0.256 e. The number of aryl methyl sites for hydroxylation is 2. The Hall–Kier alpha value is -2.41. The van der Waals surface area contributed by atoms with Crippen LogP contribution in [-0.4, -0.2) is 4.98 Å². The number of hydrogen-bond acceptors (Lipinski definition) is 1. The average molecular weight is 305 g/mol. The standard InChI is InChI=1S/C22H23N/c1-15(2)20-13-22(23-14-17(20)4)19-11-10-16(3)21(12-19)18-8-6-5-7-9-18/h5-15H,1-4H3/i4D3,15D. The van der Waals surface area contributed by atoms with Crippen molar-refractivity contribution in [3.63, 3.8) is 0 Å². The Morgan fingerprint density at radius 3 is 2.43 bits per heavy atom. The van der Waals surface area contributed by atoms with Gasteiger partial charge in [-0.2, -0.15) is 0 Å². The van der Waals surface area contributed by atoms with Gasteiger partial charge in [0.05, 0.1) is 5.69 Å². The maximum absolute atomic E-state index is 8.39. The molecule has 0 aliphatic rings. The summed E-state index contributed by atoms with van der Waals surface area (Å²) < 4.78 is 31.6. The maximum Gasteiger partial charge on any atom is 0.0705 e. The van der Waals surface area contributed by atoms with Gasteiger partial charge in [-0.3, -0.25) is 4.98 Å². The second-order valence-corrected chi connectivity index (χ2v) is 6.01. The smallest absolute Gasteiger partial charge is 0.0705 e. The number of benzene rings is 2. The molecule has 1 heteroatoms. The highest BCUT2D eigenvalue weighted by atomic mass is 14.7. The summed E-state index contributed by atoms with van der Waals surface area (Å²) in [5, 5.41) is 0. The number of rotatable bonds is 3. The third kappa shape index (κ3) is 3.19. The predicted octanol–water partition coefficient (Wildman–Crippen LogP) is 6.16. The van der Waals surface area contributed by atoms with Crippen molar-refractivity contribution in [2.75, 3.05) is 0 Å². The highest BCUT2D eigenvalue weighted by Crippen LogP contribution is 2.30. The van der Waals surface area contributed by atoms with Crippen LogP contribution in [0.1, 0.15) is 41.9 Å². The van der Waals surface area contributed by atoms with E-state index in [1.165, 1.54) is 6.20 Å². The first-order valence-electron chi connectivity index (χ1n) is 9.75. The van der Waals surface area contributed by atoms with Crippen LogP contribution in [0, 0.1) is 13.8 Å². The van der Waals surface area contributed by atoms with Gasteiger partial charge in [-0.25, -0.2) is 0 Å². The molecule has 0 atom stereocenters. The molecule has 0 aliphatic carbocycles. The fourth-order valence-electron chi connectivity index (χ4n) is 2.74. The van der Waals surface area contributed by atoms with Crippen LogP contribution >= 0.6 is 0 Å². The van der Waals surface area contributed by atoms with E-state index in [9.17, 15) is 0 Å². The second-order valence-electron chi connectivity index (χ2n) is 6.01. The van der Waals surface area contributed by atoms with Gasteiger partial charge < -0.3 is 0 Å². The number of hydrogen-bond donors (Lipinski definition) is 0. The normalized spacial score (nSPS) is 14.6. The first-order chi connectivity index (χ1) is 12.6. The van der Waals surface area contributed by atoms with Crippen molar-refractivity contribution in [1.82, 2.24) is 4.98 Å². The molecule has 1 nitrogen and oxygen atoms in total. The summed E-state index contributed by atoms with van der Waals surface area (Å²) in [6.45, 7) is 3.18. The summed E-state index contributed by atoms with van der Waals surface area (Å²) in [4.78, 5) is 4.41. The molecule has 23 heavy (non-hydrogen) atoms. The van der Waals surface area contributed by atoms with Crippen LogP contribution in [0.3, 0.4) is 0 Å². The molecule has 0 saturated heterocycles. The number of aromatic nitrogens is 1. The van der Waals surface area contributed by atoms with Gasteiger partial charge in [-0.05, 0) is 59.6 Å². The van der Waals surface area contributed by atoms with Crippen molar-refractivity contribution in [3.8, 4) is 22.4 Å². The Kier molecular flexibility index (Phi) is 3.10. The largest absolute Gasteiger partial charge is 0.256 e. The molecular weight excluding hydrogens is 278 g/mol. The lowest BCUT2D eigenvalue weighted by Gasteiger charge is -2.13. The Labute approximate surface area is 144 Å². The summed E-state index contributed by atoms with van der Waals surface area (Å²) in [5.41, 5.74) is 5.59. The minimum absolute atomic E-state index is 0.140. The van der Waals surface area contributed by atoms with Crippen LogP contribution in [0.4, 0.5) is 0 Å². The van der Waals surface area contributed by atoms with E-state index in [0.29, 0.717) is 11.3 Å². The highest BCUT2D eigenvalue weighted by molar-refractivity contribution is 5.74. The molecular formula is C22H23N. The molecule has 0 radical (unpaired) electrons. The minimum atomic E-state index is -2.29. The fourth-order valence-corrected chi connectivity index (χ4v) is 2.74. The van der Waals surface area contributed by atoms with Crippen molar-refractivity contribution in [2.24, 2.45) is 0 Å². The van der Waals surface area contributed by atoms with Crippen LogP contribution in [0.2, 0.25) is 0 Å². The Bertz CT molecular complexity index is 954. The monoisotopic (exact) mass is 305 g/mol. The van der Waals surface area contributed by atoms with E-state index in [1.54, 1.807) is 19.9 Å². The molecule has 0 spiro atoms. The SMILES string of the molecule is [2H]C([2H])([2H])c1cnc(-c2ccc(C)c(-c3ccccc3)c2)cc1C([2H])(C)C. The molecule has 0 unspecified atom stereocenters. The number of nitrogens with zero attached hydrogens (tertiary/aromatic N) is 1. The summed E-state index contributed by atoms with van der Waals surface area (Å²) >= 11 is 0. The summed E-state index contributed by atoms with van der Waals surface area (Å²) in [7, 11) is 0. The quantitative estimate of drug-likeness (QED) is 0.565. The van der Waals surface area contributed by atoms with Gasteiger partial charge in [-0.1, -0.05) is 56.3 Å². The van der Waals surface area contributed by atoms with Crippen LogP contribution in [-0.2, 0) is 0 Å². The molecule has 2 aromatic carbocycles. The van der Waals surface area contributed by atoms with Crippen molar-refractivity contribution >= 4 is 0 Å². The van der Waals surface area contributed by atoms with Gasteiger partial charge in [0.15, 0.2) is 0 Å². The molecule has 0 N–H and O–H groups in total. The van der Waals surface area contributed by atoms with E-state index in [1.807, 2.05) is 30.3 Å². The van der Waals surface area contributed by atoms with Gasteiger partial charge in [0.1, 0.15) is 0 Å². The van der Waals surface area contributed by atoms with E-state index >= 15 is 0 Å². The molecule has 116 valence electrons. The van der Waals surface area contributed by atoms with Gasteiger partial charge in [0.25, 0.3) is 0 Å². The summed E-state index contributed by atoms with van der Waals surface area (Å²) in [5.74, 6) is -1.03. The molecule has 3 aromatic rings. The Morgan fingerprint density at radius 2 is 1.74 bits per heavy atom. The Morgan fingerprint density at radius 1 is 0.957 bits per heavy atom. The van der Waals surface area contributed by atoms with Crippen molar-refractivity contribution < 1.29 is 5.48 Å². The molecule has 0 aliphatic heterocycles. The Balaban J connectivity index is 2.15. The van der Waals surface area contributed by atoms with Crippen molar-refractivity contribution in [2.45, 2.75) is 33.5 Å². The highest BCUT2D eigenvalue weighted by Gasteiger charge is 2.09. The number of pyridine rings is 1. The van der Waals surface area contributed by atoms with Gasteiger partial charge in [-0.15, -0.1) is 0 Å². The summed E-state index contributed by atoms with van der Waals surface area (Å²) in [6.07, 6.45) is 1.40. The zero-order valence-electron chi connectivity index (χ0n) is 17.7. The second kappa shape index (κ2) is 6.37. The maximum atomic E-state index is 8.39. The summed E-state index contributed by atoms with van der Waals surface area (Å²) in [6, 6.07) is 18.0. The zero-order chi connectivity index (χ0) is 19.8. The van der Waals surface area contributed by atoms with E-state index in [-0.39, 0.29) is 5.56 Å². The zero-order valence-corrected chi connectivity index (χ0v) is 13.7. The third-order valence-electron chi connectivity index (χ3n) is 4.06. The fraction of sp³-hybridized carbons (Fsp3) is 0.227. The molecule has 3 rings (SSSR count). The van der Waals surface area contributed by atoms with E-state index in [4.69, 9.17) is 5.48 Å². The van der Waals surface area contributed by atoms with Gasteiger partial charge in [0.2, 0.25) is 0 Å². The lowest BCUT2D eigenvalue weighted by molar-refractivity contribution is 0.852. The molecule has 0 amide bonds. The van der Waals surface area contributed by atoms with E-state index in [0.717, 1.165) is 22.3 Å².